The zero-order chi connectivity index (χ0) is 25.1. The molecule has 2 aromatic carbocycles. The lowest BCUT2D eigenvalue weighted by Gasteiger charge is -2.34. The van der Waals surface area contributed by atoms with Gasteiger partial charge >= 0.3 is 0 Å². The highest BCUT2D eigenvalue weighted by molar-refractivity contribution is 6.32. The fourth-order valence-electron chi connectivity index (χ4n) is 4.32. The van der Waals surface area contributed by atoms with Gasteiger partial charge in [-0.15, -0.1) is 5.48 Å². The molecule has 2 aliphatic heterocycles. The molecule has 0 radical (unpaired) electrons. The van der Waals surface area contributed by atoms with E-state index in [0.717, 1.165) is 49.9 Å². The predicted molar refractivity (Wildman–Crippen MR) is 132 cm³/mol. The van der Waals surface area contributed by atoms with Crippen LogP contribution in [0.25, 0.3) is 11.3 Å². The molecule has 0 bridgehead atoms. The van der Waals surface area contributed by atoms with Crippen LogP contribution in [0.5, 0.6) is 11.5 Å². The van der Waals surface area contributed by atoms with Crippen molar-refractivity contribution < 1.29 is 24.6 Å². The Kier molecular flexibility index (Phi) is 7.49. The third kappa shape index (κ3) is 5.37. The number of piperazine rings is 1. The predicted octanol–water partition coefficient (Wildman–Crippen LogP) is 2.32. The number of hydrogen-bond acceptors (Lipinski definition) is 7. The average Bonchev–Trinajstić information content (AvgIpc) is 3.27. The van der Waals surface area contributed by atoms with Crippen LogP contribution in [0.1, 0.15) is 30.5 Å². The van der Waals surface area contributed by atoms with Crippen LogP contribution in [0.2, 0.25) is 5.02 Å². The second-order valence-electron chi connectivity index (χ2n) is 8.59. The second kappa shape index (κ2) is 10.6. The quantitative estimate of drug-likeness (QED) is 0.481. The third-order valence-corrected chi connectivity index (χ3v) is 6.53. The number of hydroxylamine groups is 1. The molecule has 1 fully saturated rings. The van der Waals surface area contributed by atoms with Crippen LogP contribution in [-0.2, 0) is 21.0 Å². The molecule has 9 nitrogen and oxygen atoms in total. The van der Waals surface area contributed by atoms with Gasteiger partial charge in [-0.2, -0.15) is 0 Å². The Labute approximate surface area is 208 Å². The van der Waals surface area contributed by atoms with Crippen molar-refractivity contribution in [2.45, 2.75) is 26.4 Å². The Morgan fingerprint density at radius 3 is 2.43 bits per heavy atom. The molecule has 1 unspecified atom stereocenters. The van der Waals surface area contributed by atoms with E-state index in [1.54, 1.807) is 6.92 Å². The van der Waals surface area contributed by atoms with E-state index in [1.165, 1.54) is 6.07 Å². The van der Waals surface area contributed by atoms with E-state index in [1.807, 2.05) is 36.1 Å². The van der Waals surface area contributed by atoms with Crippen LogP contribution in [0.4, 0.5) is 0 Å². The maximum atomic E-state index is 12.8. The molecular weight excluding hydrogens is 472 g/mol. The van der Waals surface area contributed by atoms with Crippen molar-refractivity contribution in [3.8, 4) is 11.5 Å². The largest absolute Gasteiger partial charge is 0.507 e. The summed E-state index contributed by atoms with van der Waals surface area (Å²) >= 11 is 6.08. The van der Waals surface area contributed by atoms with Crippen LogP contribution in [-0.4, -0.2) is 70.6 Å². The van der Waals surface area contributed by atoms with Gasteiger partial charge in [0.25, 0.3) is 0 Å². The van der Waals surface area contributed by atoms with Crippen molar-refractivity contribution in [2.24, 2.45) is 0 Å². The Balaban J connectivity index is 1.62. The minimum atomic E-state index is -0.803. The summed E-state index contributed by atoms with van der Waals surface area (Å²) in [5.41, 5.74) is 5.41. The number of carbonyl (C=O) groups excluding carboxylic acids is 2. The van der Waals surface area contributed by atoms with E-state index in [9.17, 15) is 19.8 Å². The van der Waals surface area contributed by atoms with Gasteiger partial charge in [0.1, 0.15) is 11.5 Å². The van der Waals surface area contributed by atoms with E-state index >= 15 is 0 Å². The molecule has 0 aromatic heterocycles. The molecule has 2 aliphatic rings. The first-order chi connectivity index (χ1) is 16.8. The van der Waals surface area contributed by atoms with Gasteiger partial charge in [0, 0.05) is 57.8 Å². The molecule has 2 aromatic rings. The number of halogens is 1. The second-order valence-corrected chi connectivity index (χ2v) is 9.00. The first kappa shape index (κ1) is 24.8. The van der Waals surface area contributed by atoms with Crippen molar-refractivity contribution in [3.05, 3.63) is 58.1 Å². The molecule has 2 heterocycles. The summed E-state index contributed by atoms with van der Waals surface area (Å²) in [4.78, 5) is 34.1. The molecule has 186 valence electrons. The molecule has 4 N–H and O–H groups in total. The number of aromatic hydroxyl groups is 2. The van der Waals surface area contributed by atoms with Crippen LogP contribution >= 0.6 is 11.6 Å². The van der Waals surface area contributed by atoms with Gasteiger partial charge < -0.3 is 25.3 Å². The van der Waals surface area contributed by atoms with Crippen molar-refractivity contribution in [1.82, 2.24) is 20.6 Å². The summed E-state index contributed by atoms with van der Waals surface area (Å²) in [5.74, 6) is -0.384. The molecule has 4 rings (SSSR count). The fourth-order valence-corrected chi connectivity index (χ4v) is 4.49. The first-order valence-corrected chi connectivity index (χ1v) is 11.9. The minimum Gasteiger partial charge on any atom is -0.507 e. The summed E-state index contributed by atoms with van der Waals surface area (Å²) in [5, 5.41) is 23.1. The topological polar surface area (TPSA) is 114 Å². The zero-order valence-electron chi connectivity index (χ0n) is 19.7. The van der Waals surface area contributed by atoms with Crippen LogP contribution in [0.3, 0.4) is 0 Å². The highest BCUT2D eigenvalue weighted by Gasteiger charge is 2.36. The van der Waals surface area contributed by atoms with Crippen LogP contribution < -0.4 is 10.8 Å². The lowest BCUT2D eigenvalue weighted by molar-refractivity contribution is -0.130. The zero-order valence-corrected chi connectivity index (χ0v) is 20.4. The number of phenols is 2. The van der Waals surface area contributed by atoms with E-state index in [0.29, 0.717) is 12.1 Å². The van der Waals surface area contributed by atoms with Crippen LogP contribution in [0.15, 0.2) is 36.4 Å². The van der Waals surface area contributed by atoms with E-state index in [2.05, 4.69) is 15.7 Å². The molecule has 0 aliphatic carbocycles. The van der Waals surface area contributed by atoms with E-state index in [-0.39, 0.29) is 39.7 Å². The molecule has 0 saturated carbocycles. The summed E-state index contributed by atoms with van der Waals surface area (Å²) in [6, 6.07) is 9.55. The van der Waals surface area contributed by atoms with Gasteiger partial charge in [-0.1, -0.05) is 35.9 Å². The van der Waals surface area contributed by atoms with Crippen molar-refractivity contribution in [2.75, 3.05) is 32.7 Å². The van der Waals surface area contributed by atoms with Crippen LogP contribution in [0, 0.1) is 0 Å². The Morgan fingerprint density at radius 1 is 1.11 bits per heavy atom. The number of phenolic OH excluding ortho intramolecular Hbond substituents is 2. The Hall–Kier alpha value is -3.27. The summed E-state index contributed by atoms with van der Waals surface area (Å²) in [6.45, 7) is 7.70. The minimum absolute atomic E-state index is 0.0509. The molecule has 10 heteroatoms. The molecule has 35 heavy (non-hydrogen) atoms. The molecule has 2 amide bonds. The van der Waals surface area contributed by atoms with E-state index in [4.69, 9.17) is 16.4 Å². The molecular formula is C25H29ClN4O5. The standard InChI is InChI=1S/C25H29ClN4O5/c1-3-27-25(34)23-22(24(35-28-23)18-12-19(26)21(33)13-20(18)32)17-6-4-16(5-7-17)14-29-8-10-30(11-9-29)15(2)31/h4-7,12-13,23,28,32-33H,3,8-11,14H2,1-2H3,(H,27,34). The van der Waals surface area contributed by atoms with Gasteiger partial charge in [0.2, 0.25) is 11.8 Å². The van der Waals surface area contributed by atoms with Gasteiger partial charge in [0.15, 0.2) is 11.8 Å². The lowest BCUT2D eigenvalue weighted by Crippen LogP contribution is -2.47. The van der Waals surface area contributed by atoms with Gasteiger partial charge in [-0.25, -0.2) is 0 Å². The van der Waals surface area contributed by atoms with E-state index < -0.39 is 6.04 Å². The SMILES string of the molecule is CCNC(=O)C1NOC(c2cc(Cl)c(O)cc2O)=C1c1ccc(CN2CCN(C(C)=O)CC2)cc1. The summed E-state index contributed by atoms with van der Waals surface area (Å²) < 4.78 is 0. The number of nitrogens with one attached hydrogen (secondary N) is 2. The smallest absolute Gasteiger partial charge is 0.245 e. The molecule has 1 atom stereocenters. The first-order valence-electron chi connectivity index (χ1n) is 11.5. The number of likely N-dealkylation sites (N-methyl/N-ethyl adjacent to an activating group) is 1. The number of benzene rings is 2. The molecule has 0 spiro atoms. The summed E-state index contributed by atoms with van der Waals surface area (Å²) in [6.07, 6.45) is 0. The van der Waals surface area contributed by atoms with Crippen molar-refractivity contribution in [3.63, 3.8) is 0 Å². The van der Waals surface area contributed by atoms with Crippen molar-refractivity contribution >= 4 is 34.7 Å². The lowest BCUT2D eigenvalue weighted by atomic mass is 9.94. The highest BCUT2D eigenvalue weighted by Crippen LogP contribution is 2.41. The average molecular weight is 501 g/mol. The third-order valence-electron chi connectivity index (χ3n) is 6.22. The number of carbonyl (C=O) groups is 2. The maximum absolute atomic E-state index is 12.8. The normalized spacial score (nSPS) is 18.5. The molecule has 1 saturated heterocycles. The monoisotopic (exact) mass is 500 g/mol. The Bertz CT molecular complexity index is 1140. The number of nitrogens with zero attached hydrogens (tertiary/aromatic N) is 2. The van der Waals surface area contributed by atoms with Gasteiger partial charge in [-0.3, -0.25) is 14.5 Å². The van der Waals surface area contributed by atoms with Crippen molar-refractivity contribution in [1.29, 1.82) is 0 Å². The number of hydrogen-bond donors (Lipinski definition) is 4. The van der Waals surface area contributed by atoms with Gasteiger partial charge in [-0.05, 0) is 24.1 Å². The number of rotatable bonds is 6. The van der Waals surface area contributed by atoms with Gasteiger partial charge in [0.05, 0.1) is 10.6 Å². The number of amides is 2. The fraction of sp³-hybridized carbons (Fsp3) is 0.360. The summed E-state index contributed by atoms with van der Waals surface area (Å²) in [7, 11) is 0. The Morgan fingerprint density at radius 2 is 1.80 bits per heavy atom. The maximum Gasteiger partial charge on any atom is 0.245 e. The highest BCUT2D eigenvalue weighted by atomic mass is 35.5.